The van der Waals surface area contributed by atoms with Gasteiger partial charge in [-0.2, -0.15) is 5.10 Å². The third-order valence-electron chi connectivity index (χ3n) is 6.25. The minimum atomic E-state index is -0.448. The first-order valence-corrected chi connectivity index (χ1v) is 10.8. The smallest absolute Gasteiger partial charge is 0.244 e. The van der Waals surface area contributed by atoms with Gasteiger partial charge in [-0.25, -0.2) is 19.6 Å². The molecule has 0 bridgehead atoms. The SMILES string of the molecule is Cc1nc(C)n(CC(=O)N2CCC3(CC2)OCCc2cnc(-c4ccccc4)nc23)n1. The number of likely N-dealkylation sites (tertiary alicyclic amines) is 1. The van der Waals surface area contributed by atoms with Crippen LogP contribution in [0.5, 0.6) is 0 Å². The van der Waals surface area contributed by atoms with E-state index in [0.717, 1.165) is 47.7 Å². The van der Waals surface area contributed by atoms with Crippen LogP contribution in [-0.2, 0) is 28.1 Å². The van der Waals surface area contributed by atoms with Gasteiger partial charge in [0.2, 0.25) is 5.91 Å². The average molecular weight is 419 g/mol. The number of hydrogen-bond acceptors (Lipinski definition) is 6. The quantitative estimate of drug-likeness (QED) is 0.649. The van der Waals surface area contributed by atoms with Crippen molar-refractivity contribution in [2.24, 2.45) is 0 Å². The van der Waals surface area contributed by atoms with Gasteiger partial charge in [0.15, 0.2) is 5.82 Å². The number of fused-ring (bicyclic) bond motifs is 2. The number of aromatic nitrogens is 5. The van der Waals surface area contributed by atoms with Crippen LogP contribution >= 0.6 is 0 Å². The zero-order valence-electron chi connectivity index (χ0n) is 17.9. The molecule has 5 rings (SSSR count). The molecule has 0 atom stereocenters. The van der Waals surface area contributed by atoms with Crippen LogP contribution in [0.3, 0.4) is 0 Å². The molecule has 0 aliphatic carbocycles. The molecule has 2 aromatic heterocycles. The molecule has 1 amide bonds. The lowest BCUT2D eigenvalue weighted by molar-refractivity contribution is -0.142. The largest absolute Gasteiger partial charge is 0.368 e. The summed E-state index contributed by atoms with van der Waals surface area (Å²) in [6, 6.07) is 10.0. The van der Waals surface area contributed by atoms with Crippen molar-refractivity contribution in [1.29, 1.82) is 0 Å². The van der Waals surface area contributed by atoms with Crippen LogP contribution in [0.1, 0.15) is 35.7 Å². The number of piperidine rings is 1. The number of ether oxygens (including phenoxy) is 1. The Morgan fingerprint density at radius 3 is 2.61 bits per heavy atom. The molecule has 0 saturated carbocycles. The van der Waals surface area contributed by atoms with Crippen molar-refractivity contribution in [3.63, 3.8) is 0 Å². The highest BCUT2D eigenvalue weighted by molar-refractivity contribution is 5.76. The topological polar surface area (TPSA) is 86.0 Å². The zero-order chi connectivity index (χ0) is 21.4. The van der Waals surface area contributed by atoms with Gasteiger partial charge in [0, 0.05) is 24.8 Å². The summed E-state index contributed by atoms with van der Waals surface area (Å²) in [6.45, 7) is 5.85. The molecule has 0 unspecified atom stereocenters. The molecular weight excluding hydrogens is 392 g/mol. The van der Waals surface area contributed by atoms with Crippen LogP contribution in [-0.4, -0.2) is 55.2 Å². The highest BCUT2D eigenvalue weighted by Crippen LogP contribution is 2.41. The standard InChI is InChI=1S/C23H26N6O2/c1-16-25-17(2)29(27-16)15-20(30)28-11-9-23(10-12-28)21-19(8-13-31-23)14-24-22(26-21)18-6-4-3-5-7-18/h3-7,14H,8-13,15H2,1-2H3. The minimum absolute atomic E-state index is 0.0616. The lowest BCUT2D eigenvalue weighted by Gasteiger charge is -2.44. The van der Waals surface area contributed by atoms with Gasteiger partial charge in [-0.1, -0.05) is 30.3 Å². The Hall–Kier alpha value is -3.13. The fourth-order valence-electron chi connectivity index (χ4n) is 4.57. The zero-order valence-corrected chi connectivity index (χ0v) is 17.9. The molecule has 160 valence electrons. The van der Waals surface area contributed by atoms with Gasteiger partial charge in [0.1, 0.15) is 23.8 Å². The van der Waals surface area contributed by atoms with Gasteiger partial charge in [0.05, 0.1) is 12.3 Å². The third-order valence-corrected chi connectivity index (χ3v) is 6.25. The van der Waals surface area contributed by atoms with Crippen molar-refractivity contribution in [3.8, 4) is 11.4 Å². The van der Waals surface area contributed by atoms with Crippen molar-refractivity contribution in [1.82, 2.24) is 29.6 Å². The van der Waals surface area contributed by atoms with E-state index in [2.05, 4.69) is 15.1 Å². The number of carbonyl (C=O) groups is 1. The fourth-order valence-corrected chi connectivity index (χ4v) is 4.57. The Bertz CT molecular complexity index is 1100. The Morgan fingerprint density at radius 2 is 1.90 bits per heavy atom. The van der Waals surface area contributed by atoms with E-state index in [-0.39, 0.29) is 12.5 Å². The summed E-state index contributed by atoms with van der Waals surface area (Å²) < 4.78 is 8.01. The van der Waals surface area contributed by atoms with E-state index in [9.17, 15) is 4.79 Å². The van der Waals surface area contributed by atoms with Crippen LogP contribution < -0.4 is 0 Å². The van der Waals surface area contributed by atoms with Gasteiger partial charge in [-0.15, -0.1) is 0 Å². The number of carbonyl (C=O) groups excluding carboxylic acids is 1. The summed E-state index contributed by atoms with van der Waals surface area (Å²) in [6.07, 6.45) is 4.22. The van der Waals surface area contributed by atoms with Crippen molar-refractivity contribution < 1.29 is 9.53 Å². The van der Waals surface area contributed by atoms with Gasteiger partial charge >= 0.3 is 0 Å². The first-order chi connectivity index (χ1) is 15.0. The molecule has 1 fully saturated rings. The van der Waals surface area contributed by atoms with E-state index >= 15 is 0 Å². The molecular formula is C23H26N6O2. The molecule has 1 saturated heterocycles. The second-order valence-electron chi connectivity index (χ2n) is 8.27. The van der Waals surface area contributed by atoms with E-state index in [1.165, 1.54) is 0 Å². The third kappa shape index (κ3) is 3.72. The molecule has 2 aliphatic heterocycles. The van der Waals surface area contributed by atoms with E-state index in [1.54, 1.807) is 4.68 Å². The van der Waals surface area contributed by atoms with E-state index < -0.39 is 5.60 Å². The second kappa shape index (κ2) is 7.85. The Kier molecular flexibility index (Phi) is 5.02. The maximum atomic E-state index is 12.9. The van der Waals surface area contributed by atoms with Gasteiger partial charge in [0.25, 0.3) is 0 Å². The van der Waals surface area contributed by atoms with Crippen LogP contribution in [0.2, 0.25) is 0 Å². The molecule has 8 heteroatoms. The first kappa shape index (κ1) is 19.8. The number of hydrogen-bond donors (Lipinski definition) is 0. The number of amides is 1. The lowest BCUT2D eigenvalue weighted by Crippen LogP contribution is -2.49. The maximum absolute atomic E-state index is 12.9. The highest BCUT2D eigenvalue weighted by Gasteiger charge is 2.43. The normalized spacial score (nSPS) is 17.5. The van der Waals surface area contributed by atoms with Crippen molar-refractivity contribution in [2.75, 3.05) is 19.7 Å². The predicted molar refractivity (Wildman–Crippen MR) is 114 cm³/mol. The summed E-state index contributed by atoms with van der Waals surface area (Å²) in [4.78, 5) is 28.6. The molecule has 31 heavy (non-hydrogen) atoms. The number of nitrogens with zero attached hydrogens (tertiary/aromatic N) is 6. The molecule has 3 aromatic rings. The molecule has 4 heterocycles. The van der Waals surface area contributed by atoms with Gasteiger partial charge in [-0.3, -0.25) is 4.79 Å². The van der Waals surface area contributed by atoms with Crippen LogP contribution in [0.25, 0.3) is 11.4 Å². The monoisotopic (exact) mass is 418 g/mol. The summed E-state index contributed by atoms with van der Waals surface area (Å²) in [5, 5.41) is 4.31. The lowest BCUT2D eigenvalue weighted by atomic mass is 9.83. The molecule has 8 nitrogen and oxygen atoms in total. The Labute approximate surface area is 181 Å². The summed E-state index contributed by atoms with van der Waals surface area (Å²) in [7, 11) is 0. The van der Waals surface area contributed by atoms with E-state index in [4.69, 9.17) is 9.72 Å². The van der Waals surface area contributed by atoms with Crippen molar-refractivity contribution in [2.45, 2.75) is 45.3 Å². The van der Waals surface area contributed by atoms with Crippen LogP contribution in [0.4, 0.5) is 0 Å². The molecule has 0 radical (unpaired) electrons. The summed E-state index contributed by atoms with van der Waals surface area (Å²) >= 11 is 0. The average Bonchev–Trinajstić information content (AvgIpc) is 3.11. The number of rotatable bonds is 3. The summed E-state index contributed by atoms with van der Waals surface area (Å²) in [5.74, 6) is 2.23. The second-order valence-corrected chi connectivity index (χ2v) is 8.27. The highest BCUT2D eigenvalue weighted by atomic mass is 16.5. The van der Waals surface area contributed by atoms with Gasteiger partial charge in [-0.05, 0) is 38.7 Å². The van der Waals surface area contributed by atoms with Crippen LogP contribution in [0.15, 0.2) is 36.5 Å². The Morgan fingerprint density at radius 1 is 1.13 bits per heavy atom. The fraction of sp³-hybridized carbons (Fsp3) is 0.435. The first-order valence-electron chi connectivity index (χ1n) is 10.8. The Balaban J connectivity index is 1.35. The number of aryl methyl sites for hydroxylation is 2. The van der Waals surface area contributed by atoms with Crippen molar-refractivity contribution in [3.05, 3.63) is 59.4 Å². The van der Waals surface area contributed by atoms with Gasteiger partial charge < -0.3 is 9.64 Å². The molecule has 1 aromatic carbocycles. The maximum Gasteiger partial charge on any atom is 0.244 e. The molecule has 1 spiro atoms. The predicted octanol–water partition coefficient (Wildman–Crippen LogP) is 2.44. The molecule has 2 aliphatic rings. The summed E-state index contributed by atoms with van der Waals surface area (Å²) in [5.41, 5.74) is 2.69. The molecule has 0 N–H and O–H groups in total. The number of benzene rings is 1. The van der Waals surface area contributed by atoms with Crippen molar-refractivity contribution >= 4 is 5.91 Å². The van der Waals surface area contributed by atoms with E-state index in [0.29, 0.717) is 25.5 Å². The van der Waals surface area contributed by atoms with Crippen LogP contribution in [0, 0.1) is 13.8 Å². The minimum Gasteiger partial charge on any atom is -0.368 e. The van der Waals surface area contributed by atoms with E-state index in [1.807, 2.05) is 55.3 Å².